The van der Waals surface area contributed by atoms with Gasteiger partial charge >= 0.3 is 0 Å². The topological polar surface area (TPSA) is 95.2 Å². The minimum Gasteiger partial charge on any atom is -0.338 e. The van der Waals surface area contributed by atoms with Crippen molar-refractivity contribution in [3.63, 3.8) is 0 Å². The molecule has 8 heteroatoms. The average molecular weight is 504 g/mol. The summed E-state index contributed by atoms with van der Waals surface area (Å²) < 4.78 is 13.9. The number of aromatic nitrogens is 6. The highest BCUT2D eigenvalue weighted by Crippen LogP contribution is 2.34. The maximum absolute atomic E-state index is 13.9. The predicted molar refractivity (Wildman–Crippen MR) is 147 cm³/mol. The highest BCUT2D eigenvalue weighted by Gasteiger charge is 2.17. The van der Waals surface area contributed by atoms with Crippen molar-refractivity contribution >= 4 is 21.9 Å². The van der Waals surface area contributed by atoms with E-state index in [1.807, 2.05) is 36.8 Å². The quantitative estimate of drug-likeness (QED) is 0.272. The maximum Gasteiger partial charge on any atom is 0.138 e. The highest BCUT2D eigenvalue weighted by molar-refractivity contribution is 6.00. The van der Waals surface area contributed by atoms with Crippen LogP contribution in [0.1, 0.15) is 18.4 Å². The smallest absolute Gasteiger partial charge is 0.138 e. The van der Waals surface area contributed by atoms with Gasteiger partial charge in [-0.1, -0.05) is 12.1 Å². The van der Waals surface area contributed by atoms with E-state index in [1.165, 1.54) is 30.5 Å². The van der Waals surface area contributed by atoms with Crippen molar-refractivity contribution in [2.24, 2.45) is 5.92 Å². The van der Waals surface area contributed by atoms with E-state index < -0.39 is 0 Å². The number of nitrogens with one attached hydrogen (secondary N) is 3. The minimum absolute atomic E-state index is 0.268. The molecule has 0 aliphatic carbocycles. The van der Waals surface area contributed by atoms with Gasteiger partial charge in [0.1, 0.15) is 17.2 Å². The zero-order valence-corrected chi connectivity index (χ0v) is 20.7. The fourth-order valence-electron chi connectivity index (χ4n) is 5.50. The molecule has 7 rings (SSSR count). The van der Waals surface area contributed by atoms with E-state index in [-0.39, 0.29) is 5.82 Å². The second-order valence-corrected chi connectivity index (χ2v) is 9.98. The van der Waals surface area contributed by atoms with Crippen molar-refractivity contribution < 1.29 is 4.39 Å². The molecule has 6 aromatic rings. The van der Waals surface area contributed by atoms with E-state index in [1.54, 1.807) is 12.3 Å². The predicted octanol–water partition coefficient (Wildman–Crippen LogP) is 5.91. The average Bonchev–Trinajstić information content (AvgIpc) is 3.57. The molecule has 6 heterocycles. The van der Waals surface area contributed by atoms with E-state index >= 15 is 0 Å². The summed E-state index contributed by atoms with van der Waals surface area (Å²) in [6.07, 6.45) is 10.8. The van der Waals surface area contributed by atoms with Crippen LogP contribution in [0.3, 0.4) is 0 Å². The molecule has 0 saturated carbocycles. The van der Waals surface area contributed by atoms with Crippen LogP contribution < -0.4 is 5.32 Å². The van der Waals surface area contributed by atoms with Gasteiger partial charge in [-0.3, -0.25) is 15.1 Å². The number of pyridine rings is 3. The molecular weight excluding hydrogens is 477 g/mol. The Kier molecular flexibility index (Phi) is 5.66. The van der Waals surface area contributed by atoms with Crippen LogP contribution in [0.4, 0.5) is 4.39 Å². The van der Waals surface area contributed by atoms with Gasteiger partial charge < -0.3 is 10.3 Å². The van der Waals surface area contributed by atoms with Crippen LogP contribution in [0, 0.1) is 11.7 Å². The first kappa shape index (κ1) is 22.7. The molecule has 5 aromatic heterocycles. The molecule has 7 nitrogen and oxygen atoms in total. The number of aromatic amines is 2. The SMILES string of the molecule is Fc1cccc(-c2ccnc3[nH]c(-c4n[nH]c5cnc(-c6cncc(CC7CCNCC7)c6)cc45)cc23)c1. The second kappa shape index (κ2) is 9.46. The fourth-order valence-corrected chi connectivity index (χ4v) is 5.50. The molecule has 1 aliphatic rings. The Bertz CT molecular complexity index is 1760. The van der Waals surface area contributed by atoms with E-state index in [4.69, 9.17) is 4.98 Å². The van der Waals surface area contributed by atoms with Crippen molar-refractivity contribution in [3.8, 4) is 33.8 Å². The van der Waals surface area contributed by atoms with Crippen LogP contribution in [0.25, 0.3) is 55.7 Å². The molecule has 0 atom stereocenters. The minimum atomic E-state index is -0.268. The van der Waals surface area contributed by atoms with Crippen LogP contribution >= 0.6 is 0 Å². The van der Waals surface area contributed by atoms with Gasteiger partial charge in [0.2, 0.25) is 0 Å². The molecule has 1 aliphatic heterocycles. The van der Waals surface area contributed by atoms with Crippen molar-refractivity contribution in [2.45, 2.75) is 19.3 Å². The van der Waals surface area contributed by atoms with Crippen LogP contribution in [0.15, 0.2) is 73.3 Å². The van der Waals surface area contributed by atoms with E-state index in [0.29, 0.717) is 5.92 Å². The van der Waals surface area contributed by atoms with Crippen LogP contribution in [-0.4, -0.2) is 43.2 Å². The van der Waals surface area contributed by atoms with Crippen LogP contribution in [0.5, 0.6) is 0 Å². The largest absolute Gasteiger partial charge is 0.338 e. The lowest BCUT2D eigenvalue weighted by molar-refractivity contribution is 0.372. The standard InChI is InChI=1S/C30H26FN7/c31-22-3-1-2-20(12-22)23-6-9-34-30-24(23)13-27(36-30)29-25-14-26(35-17-28(25)37-38-29)21-11-19(15-33-16-21)10-18-4-7-32-8-5-18/h1-3,6,9,11-18,32H,4-5,7-8,10H2,(H,34,36)(H,37,38). The Morgan fingerprint density at radius 1 is 0.895 bits per heavy atom. The maximum atomic E-state index is 13.9. The zero-order valence-electron chi connectivity index (χ0n) is 20.7. The number of fused-ring (bicyclic) bond motifs is 2. The van der Waals surface area contributed by atoms with Gasteiger partial charge in [0.15, 0.2) is 0 Å². The van der Waals surface area contributed by atoms with Gasteiger partial charge in [-0.15, -0.1) is 0 Å². The molecule has 188 valence electrons. The Hall–Kier alpha value is -4.43. The van der Waals surface area contributed by atoms with E-state index in [2.05, 4.69) is 42.6 Å². The summed E-state index contributed by atoms with van der Waals surface area (Å²) in [7, 11) is 0. The summed E-state index contributed by atoms with van der Waals surface area (Å²) in [6, 6.07) is 14.8. The summed E-state index contributed by atoms with van der Waals surface area (Å²) >= 11 is 0. The molecular formula is C30H26FN7. The Morgan fingerprint density at radius 2 is 1.82 bits per heavy atom. The summed E-state index contributed by atoms with van der Waals surface area (Å²) in [6.45, 7) is 2.18. The first-order valence-electron chi connectivity index (χ1n) is 12.9. The number of H-pyrrole nitrogens is 2. The van der Waals surface area contributed by atoms with Crippen molar-refractivity contribution in [2.75, 3.05) is 13.1 Å². The van der Waals surface area contributed by atoms with Crippen LogP contribution in [0.2, 0.25) is 0 Å². The fraction of sp³-hybridized carbons (Fsp3) is 0.200. The van der Waals surface area contributed by atoms with Crippen molar-refractivity contribution in [1.29, 1.82) is 0 Å². The van der Waals surface area contributed by atoms with Gasteiger partial charge in [0, 0.05) is 34.9 Å². The third-order valence-corrected chi connectivity index (χ3v) is 7.44. The normalized spacial score (nSPS) is 14.4. The molecule has 1 fully saturated rings. The monoisotopic (exact) mass is 503 g/mol. The lowest BCUT2D eigenvalue weighted by Gasteiger charge is -2.22. The summed E-state index contributed by atoms with van der Waals surface area (Å²) in [5, 5.41) is 13.0. The van der Waals surface area contributed by atoms with Gasteiger partial charge in [-0.25, -0.2) is 9.37 Å². The number of nitrogens with zero attached hydrogens (tertiary/aromatic N) is 4. The molecule has 0 radical (unpaired) electrons. The Labute approximate surface area is 218 Å². The molecule has 0 spiro atoms. The lowest BCUT2D eigenvalue weighted by Crippen LogP contribution is -2.28. The van der Waals surface area contributed by atoms with Crippen LogP contribution in [-0.2, 0) is 6.42 Å². The first-order chi connectivity index (χ1) is 18.7. The summed E-state index contributed by atoms with van der Waals surface area (Å²) in [5.41, 5.74) is 8.00. The van der Waals surface area contributed by atoms with E-state index in [0.717, 1.165) is 75.2 Å². The highest BCUT2D eigenvalue weighted by atomic mass is 19.1. The van der Waals surface area contributed by atoms with E-state index in [9.17, 15) is 4.39 Å². The Morgan fingerprint density at radius 3 is 2.71 bits per heavy atom. The number of rotatable bonds is 5. The van der Waals surface area contributed by atoms with Crippen molar-refractivity contribution in [1.82, 2.24) is 35.5 Å². The second-order valence-electron chi connectivity index (χ2n) is 9.98. The number of piperidine rings is 1. The number of hydrogen-bond acceptors (Lipinski definition) is 5. The molecule has 3 N–H and O–H groups in total. The lowest BCUT2D eigenvalue weighted by atomic mass is 9.91. The number of halogens is 1. The zero-order chi connectivity index (χ0) is 25.5. The van der Waals surface area contributed by atoms with Gasteiger partial charge in [0.05, 0.1) is 23.1 Å². The molecule has 38 heavy (non-hydrogen) atoms. The molecule has 0 amide bonds. The molecule has 1 saturated heterocycles. The number of benzene rings is 1. The summed E-state index contributed by atoms with van der Waals surface area (Å²) in [4.78, 5) is 17.1. The van der Waals surface area contributed by atoms with Gasteiger partial charge in [-0.05, 0) is 91.4 Å². The van der Waals surface area contributed by atoms with Gasteiger partial charge in [-0.2, -0.15) is 5.10 Å². The Balaban J connectivity index is 1.26. The summed E-state index contributed by atoms with van der Waals surface area (Å²) in [5.74, 6) is 0.424. The number of hydrogen-bond donors (Lipinski definition) is 3. The van der Waals surface area contributed by atoms with Crippen molar-refractivity contribution in [3.05, 3.63) is 84.7 Å². The first-order valence-corrected chi connectivity index (χ1v) is 12.9. The third kappa shape index (κ3) is 4.22. The van der Waals surface area contributed by atoms with Gasteiger partial charge in [0.25, 0.3) is 0 Å². The molecule has 1 aromatic carbocycles. The molecule has 0 unspecified atom stereocenters. The third-order valence-electron chi connectivity index (χ3n) is 7.44. The molecule has 0 bridgehead atoms.